The predicted octanol–water partition coefficient (Wildman–Crippen LogP) is 1.23. The predicted molar refractivity (Wildman–Crippen MR) is 59.6 cm³/mol. The summed E-state index contributed by atoms with van der Waals surface area (Å²) in [6, 6.07) is 0. The molecule has 9 heteroatoms. The van der Waals surface area contributed by atoms with Crippen molar-refractivity contribution in [1.29, 1.82) is 0 Å². The summed E-state index contributed by atoms with van der Waals surface area (Å²) in [7, 11) is -5.55. The van der Waals surface area contributed by atoms with E-state index in [4.69, 9.17) is 4.74 Å². The summed E-state index contributed by atoms with van der Waals surface area (Å²) in [5.41, 5.74) is -5.51. The summed E-state index contributed by atoms with van der Waals surface area (Å²) in [4.78, 5) is 2.03. The van der Waals surface area contributed by atoms with E-state index in [2.05, 4.69) is 4.18 Å². The fourth-order valence-corrected chi connectivity index (χ4v) is 2.51. The number of ether oxygens (including phenoxy) is 1. The quantitative estimate of drug-likeness (QED) is 0.580. The fraction of sp³-hybridized carbons (Fsp3) is 0.800. The minimum Gasteiger partial charge on any atom is -0.381 e. The molecule has 5 nitrogen and oxygen atoms in total. The highest BCUT2D eigenvalue weighted by molar-refractivity contribution is 7.87. The molecule has 2 heterocycles. The molecular formula is C10H14F3NO4S. The van der Waals surface area contributed by atoms with Crippen molar-refractivity contribution in [2.75, 3.05) is 26.3 Å². The number of alkyl halides is 3. The zero-order valence-electron chi connectivity index (χ0n) is 10.2. The molecule has 0 amide bonds. The normalized spacial score (nSPS) is 24.5. The lowest BCUT2D eigenvalue weighted by atomic mass is 9.96. The van der Waals surface area contributed by atoms with Crippen molar-refractivity contribution >= 4 is 10.1 Å². The van der Waals surface area contributed by atoms with Gasteiger partial charge < -0.3 is 8.92 Å². The Kier molecular flexibility index (Phi) is 3.56. The second-order valence-corrected chi connectivity index (χ2v) is 6.38. The SMILES string of the molecule is CC1(N2CC=C(OS(=O)(=O)C(F)(F)F)CC2)COC1. The Balaban J connectivity index is 1.98. The van der Waals surface area contributed by atoms with Gasteiger partial charge in [-0.1, -0.05) is 0 Å². The van der Waals surface area contributed by atoms with E-state index in [1.165, 1.54) is 6.08 Å². The second-order valence-electron chi connectivity index (χ2n) is 4.84. The minimum absolute atomic E-state index is 0.120. The van der Waals surface area contributed by atoms with Crippen LogP contribution in [0.2, 0.25) is 0 Å². The van der Waals surface area contributed by atoms with Crippen LogP contribution in [0.25, 0.3) is 0 Å². The maximum atomic E-state index is 12.2. The highest BCUT2D eigenvalue weighted by Gasteiger charge is 2.49. The Labute approximate surface area is 109 Å². The van der Waals surface area contributed by atoms with Crippen molar-refractivity contribution in [2.45, 2.75) is 24.4 Å². The standard InChI is InChI=1S/C10H14F3NO4S/c1-9(6-17-7-9)14-4-2-8(3-5-14)18-19(15,16)10(11,12)13/h2H,3-7H2,1H3. The molecule has 1 saturated heterocycles. The number of hydrogen-bond acceptors (Lipinski definition) is 5. The van der Waals surface area contributed by atoms with Gasteiger partial charge in [-0.2, -0.15) is 21.6 Å². The van der Waals surface area contributed by atoms with Crippen LogP contribution in [-0.2, 0) is 19.0 Å². The van der Waals surface area contributed by atoms with Crippen LogP contribution in [-0.4, -0.2) is 50.7 Å². The highest BCUT2D eigenvalue weighted by Crippen LogP contribution is 2.31. The summed E-state index contributed by atoms with van der Waals surface area (Å²) < 4.78 is 67.4. The van der Waals surface area contributed by atoms with E-state index in [0.717, 1.165) is 0 Å². The van der Waals surface area contributed by atoms with E-state index >= 15 is 0 Å². The monoisotopic (exact) mass is 301 g/mol. The summed E-state index contributed by atoms with van der Waals surface area (Å²) >= 11 is 0. The summed E-state index contributed by atoms with van der Waals surface area (Å²) in [5, 5.41) is 0. The molecule has 0 atom stereocenters. The summed E-state index contributed by atoms with van der Waals surface area (Å²) in [5.74, 6) is -0.155. The van der Waals surface area contributed by atoms with Crippen molar-refractivity contribution in [1.82, 2.24) is 4.90 Å². The van der Waals surface area contributed by atoms with E-state index in [1.807, 2.05) is 11.8 Å². The van der Waals surface area contributed by atoms with Crippen LogP contribution in [0.15, 0.2) is 11.8 Å². The van der Waals surface area contributed by atoms with E-state index < -0.39 is 15.6 Å². The Morgan fingerprint density at radius 3 is 2.42 bits per heavy atom. The molecule has 0 unspecified atom stereocenters. The Hall–Kier alpha value is -0.800. The first-order chi connectivity index (χ1) is 8.64. The first kappa shape index (κ1) is 14.6. The number of rotatable bonds is 3. The molecule has 0 aliphatic carbocycles. The Bertz CT molecular complexity index is 481. The molecule has 0 N–H and O–H groups in total. The van der Waals surface area contributed by atoms with Crippen LogP contribution in [0.3, 0.4) is 0 Å². The van der Waals surface area contributed by atoms with E-state index in [-0.39, 0.29) is 17.7 Å². The van der Waals surface area contributed by atoms with Crippen LogP contribution in [0, 0.1) is 0 Å². The van der Waals surface area contributed by atoms with Gasteiger partial charge in [0.1, 0.15) is 5.76 Å². The molecule has 2 aliphatic rings. The van der Waals surface area contributed by atoms with Gasteiger partial charge in [0.05, 0.1) is 18.8 Å². The lowest BCUT2D eigenvalue weighted by molar-refractivity contribution is -0.128. The largest absolute Gasteiger partial charge is 0.534 e. The van der Waals surface area contributed by atoms with Gasteiger partial charge in [-0.15, -0.1) is 0 Å². The topological polar surface area (TPSA) is 55.8 Å². The van der Waals surface area contributed by atoms with Gasteiger partial charge in [0.25, 0.3) is 0 Å². The first-order valence-corrected chi connectivity index (χ1v) is 7.07. The molecule has 0 aromatic heterocycles. The van der Waals surface area contributed by atoms with Gasteiger partial charge in [-0.25, -0.2) is 0 Å². The molecule has 0 aromatic carbocycles. The van der Waals surface area contributed by atoms with Gasteiger partial charge >= 0.3 is 15.6 Å². The second kappa shape index (κ2) is 4.64. The molecule has 0 spiro atoms. The van der Waals surface area contributed by atoms with Crippen molar-refractivity contribution in [3.63, 3.8) is 0 Å². The number of nitrogens with zero attached hydrogens (tertiary/aromatic N) is 1. The van der Waals surface area contributed by atoms with Gasteiger partial charge in [-0.3, -0.25) is 4.90 Å². The molecule has 0 saturated carbocycles. The zero-order valence-corrected chi connectivity index (χ0v) is 11.1. The minimum atomic E-state index is -5.55. The molecule has 0 bridgehead atoms. The number of hydrogen-bond donors (Lipinski definition) is 0. The maximum absolute atomic E-state index is 12.2. The average molecular weight is 301 g/mol. The van der Waals surface area contributed by atoms with Crippen LogP contribution in [0.1, 0.15) is 13.3 Å². The molecule has 0 radical (unpaired) electrons. The van der Waals surface area contributed by atoms with Crippen LogP contribution >= 0.6 is 0 Å². The third-order valence-electron chi connectivity index (χ3n) is 3.26. The maximum Gasteiger partial charge on any atom is 0.534 e. The van der Waals surface area contributed by atoms with E-state index in [0.29, 0.717) is 26.3 Å². The molecule has 2 aliphatic heterocycles. The molecule has 2 rings (SSSR count). The van der Waals surface area contributed by atoms with Crippen molar-refractivity contribution < 1.29 is 30.5 Å². The molecule has 110 valence electrons. The van der Waals surface area contributed by atoms with Gasteiger partial charge in [-0.05, 0) is 13.0 Å². The van der Waals surface area contributed by atoms with Gasteiger partial charge in [0, 0.05) is 19.5 Å². The lowest BCUT2D eigenvalue weighted by Crippen LogP contribution is -2.61. The average Bonchev–Trinajstić information content (AvgIpc) is 2.25. The third kappa shape index (κ3) is 2.87. The van der Waals surface area contributed by atoms with Crippen molar-refractivity contribution in [3.8, 4) is 0 Å². The van der Waals surface area contributed by atoms with E-state index in [9.17, 15) is 21.6 Å². The summed E-state index contributed by atoms with van der Waals surface area (Å²) in [6.07, 6.45) is 1.50. The molecule has 0 aromatic rings. The van der Waals surface area contributed by atoms with Gasteiger partial charge in [0.15, 0.2) is 0 Å². The van der Waals surface area contributed by atoms with Crippen LogP contribution in [0.4, 0.5) is 13.2 Å². The molecule has 1 fully saturated rings. The zero-order chi connectivity index (χ0) is 14.3. The smallest absolute Gasteiger partial charge is 0.381 e. The van der Waals surface area contributed by atoms with Gasteiger partial charge in [0.2, 0.25) is 0 Å². The highest BCUT2D eigenvalue weighted by atomic mass is 32.2. The van der Waals surface area contributed by atoms with Crippen molar-refractivity contribution in [3.05, 3.63) is 11.8 Å². The van der Waals surface area contributed by atoms with Crippen molar-refractivity contribution in [2.24, 2.45) is 0 Å². The fourth-order valence-electron chi connectivity index (χ4n) is 1.98. The first-order valence-electron chi connectivity index (χ1n) is 5.67. The Morgan fingerprint density at radius 1 is 1.42 bits per heavy atom. The van der Waals surface area contributed by atoms with E-state index in [1.54, 1.807) is 0 Å². The number of halogens is 3. The van der Waals surface area contributed by atoms with Crippen LogP contribution < -0.4 is 0 Å². The molecule has 19 heavy (non-hydrogen) atoms. The third-order valence-corrected chi connectivity index (χ3v) is 4.26. The summed E-state index contributed by atoms with van der Waals surface area (Å²) in [6.45, 7) is 3.92. The lowest BCUT2D eigenvalue weighted by Gasteiger charge is -2.48. The van der Waals surface area contributed by atoms with Crippen LogP contribution in [0.5, 0.6) is 0 Å². The molecular weight excluding hydrogens is 287 g/mol. The Morgan fingerprint density at radius 2 is 2.05 bits per heavy atom.